The summed E-state index contributed by atoms with van der Waals surface area (Å²) in [7, 11) is 0. The molecule has 2 heterocycles. The van der Waals surface area contributed by atoms with Crippen LogP contribution in [-0.4, -0.2) is 39.6 Å². The number of nitrogens with one attached hydrogen (secondary N) is 1. The van der Waals surface area contributed by atoms with Crippen LogP contribution in [0.25, 0.3) is 0 Å². The first-order valence-electron chi connectivity index (χ1n) is 9.81. The smallest absolute Gasteiger partial charge is 0.263 e. The fourth-order valence-corrected chi connectivity index (χ4v) is 3.59. The predicted molar refractivity (Wildman–Crippen MR) is 111 cm³/mol. The Kier molecular flexibility index (Phi) is 5.70. The number of ketones is 1. The SMILES string of the molecule is O=C(c1ccc(Oc2ccccc2)cc1)[C@H]1CCCN(C(=O)c2cnc[nH]c2=O)C1. The van der Waals surface area contributed by atoms with Gasteiger partial charge in [0.1, 0.15) is 17.1 Å². The number of benzene rings is 2. The number of Topliss-reactive ketones (excluding diaryl/α,β-unsaturated/α-hetero) is 1. The Labute approximate surface area is 173 Å². The number of nitrogens with zero attached hydrogens (tertiary/aromatic N) is 2. The molecule has 0 saturated carbocycles. The van der Waals surface area contributed by atoms with Crippen LogP contribution in [0.2, 0.25) is 0 Å². The van der Waals surface area contributed by atoms with Gasteiger partial charge in [0, 0.05) is 30.8 Å². The van der Waals surface area contributed by atoms with E-state index in [1.807, 2.05) is 30.3 Å². The average molecular weight is 403 g/mol. The molecule has 4 rings (SSSR count). The lowest BCUT2D eigenvalue weighted by Crippen LogP contribution is -2.43. The third-order valence-corrected chi connectivity index (χ3v) is 5.15. The Morgan fingerprint density at radius 1 is 1.03 bits per heavy atom. The van der Waals surface area contributed by atoms with E-state index >= 15 is 0 Å². The van der Waals surface area contributed by atoms with Crippen molar-refractivity contribution in [3.63, 3.8) is 0 Å². The van der Waals surface area contributed by atoms with Gasteiger partial charge in [0.2, 0.25) is 0 Å². The molecule has 3 aromatic rings. The Balaban J connectivity index is 1.43. The molecule has 152 valence electrons. The molecular formula is C23H21N3O4. The largest absolute Gasteiger partial charge is 0.457 e. The van der Waals surface area contributed by atoms with E-state index in [0.717, 1.165) is 5.75 Å². The highest BCUT2D eigenvalue weighted by molar-refractivity contribution is 5.99. The summed E-state index contributed by atoms with van der Waals surface area (Å²) in [5, 5.41) is 0. The molecule has 0 bridgehead atoms. The van der Waals surface area contributed by atoms with Gasteiger partial charge in [0.15, 0.2) is 5.78 Å². The summed E-state index contributed by atoms with van der Waals surface area (Å²) in [5.41, 5.74) is 0.0967. The molecule has 0 spiro atoms. The van der Waals surface area contributed by atoms with Crippen LogP contribution >= 0.6 is 0 Å². The number of amides is 1. The zero-order valence-electron chi connectivity index (χ0n) is 16.3. The normalized spacial score (nSPS) is 16.1. The number of ether oxygens (including phenoxy) is 1. The Hall–Kier alpha value is -3.74. The van der Waals surface area contributed by atoms with E-state index in [1.54, 1.807) is 29.2 Å². The molecule has 30 heavy (non-hydrogen) atoms. The molecule has 0 aliphatic carbocycles. The van der Waals surface area contributed by atoms with Crippen molar-refractivity contribution in [2.45, 2.75) is 12.8 Å². The van der Waals surface area contributed by atoms with Crippen molar-refractivity contribution in [3.05, 3.63) is 88.6 Å². The van der Waals surface area contributed by atoms with Gasteiger partial charge in [0.25, 0.3) is 11.5 Å². The Bertz CT molecular complexity index is 1090. The van der Waals surface area contributed by atoms with Crippen molar-refractivity contribution in [2.24, 2.45) is 5.92 Å². The van der Waals surface area contributed by atoms with Crippen molar-refractivity contribution in [1.82, 2.24) is 14.9 Å². The zero-order valence-corrected chi connectivity index (χ0v) is 16.3. The first-order chi connectivity index (χ1) is 14.6. The molecule has 1 aliphatic rings. The van der Waals surface area contributed by atoms with Crippen LogP contribution in [0.15, 0.2) is 71.9 Å². The highest BCUT2D eigenvalue weighted by Crippen LogP contribution is 2.25. The van der Waals surface area contributed by atoms with Crippen LogP contribution in [0, 0.1) is 5.92 Å². The van der Waals surface area contributed by atoms with Crippen LogP contribution in [0.5, 0.6) is 11.5 Å². The Morgan fingerprint density at radius 3 is 2.50 bits per heavy atom. The second kappa shape index (κ2) is 8.73. The number of likely N-dealkylation sites (tertiary alicyclic amines) is 1. The van der Waals surface area contributed by atoms with Gasteiger partial charge >= 0.3 is 0 Å². The molecule has 1 N–H and O–H groups in total. The number of H-pyrrole nitrogens is 1. The molecule has 7 nitrogen and oxygen atoms in total. The lowest BCUT2D eigenvalue weighted by atomic mass is 9.89. The number of aromatic nitrogens is 2. The van der Waals surface area contributed by atoms with Crippen molar-refractivity contribution in [2.75, 3.05) is 13.1 Å². The van der Waals surface area contributed by atoms with Crippen LogP contribution in [0.4, 0.5) is 0 Å². The minimum Gasteiger partial charge on any atom is -0.457 e. The fourth-order valence-electron chi connectivity index (χ4n) is 3.59. The first-order valence-corrected chi connectivity index (χ1v) is 9.81. The van der Waals surface area contributed by atoms with E-state index in [-0.39, 0.29) is 23.8 Å². The van der Waals surface area contributed by atoms with Crippen LogP contribution in [0.1, 0.15) is 33.6 Å². The predicted octanol–water partition coefficient (Wildman–Crippen LogP) is 3.30. The van der Waals surface area contributed by atoms with Gasteiger partial charge < -0.3 is 14.6 Å². The number of piperidine rings is 1. The summed E-state index contributed by atoms with van der Waals surface area (Å²) in [6.45, 7) is 0.801. The monoisotopic (exact) mass is 403 g/mol. The molecule has 1 amide bonds. The van der Waals surface area contributed by atoms with Crippen molar-refractivity contribution < 1.29 is 14.3 Å². The standard InChI is InChI=1S/C23H21N3O4/c27-21(16-8-10-19(11-9-16)30-18-6-2-1-3-7-18)17-5-4-12-26(14-17)23(29)20-13-24-15-25-22(20)28/h1-3,6-11,13,15,17H,4-5,12,14H2,(H,24,25,28)/t17-/m0/s1. The Morgan fingerprint density at radius 2 is 1.77 bits per heavy atom. The average Bonchev–Trinajstić information content (AvgIpc) is 2.80. The lowest BCUT2D eigenvalue weighted by molar-refractivity contribution is 0.0635. The number of aromatic amines is 1. The van der Waals surface area contributed by atoms with Gasteiger partial charge in [-0.05, 0) is 49.2 Å². The third-order valence-electron chi connectivity index (χ3n) is 5.15. The van der Waals surface area contributed by atoms with Gasteiger partial charge in [-0.15, -0.1) is 0 Å². The fraction of sp³-hybridized carbons (Fsp3) is 0.217. The number of carbonyl (C=O) groups is 2. The molecular weight excluding hydrogens is 382 g/mol. The van der Waals surface area contributed by atoms with E-state index in [2.05, 4.69) is 9.97 Å². The number of para-hydroxylation sites is 1. The lowest BCUT2D eigenvalue weighted by Gasteiger charge is -2.31. The van der Waals surface area contributed by atoms with Gasteiger partial charge in [-0.3, -0.25) is 14.4 Å². The molecule has 0 unspecified atom stereocenters. The second-order valence-electron chi connectivity index (χ2n) is 7.19. The summed E-state index contributed by atoms with van der Waals surface area (Å²) >= 11 is 0. The van der Waals surface area contributed by atoms with Crippen LogP contribution in [-0.2, 0) is 0 Å². The molecule has 7 heteroatoms. The molecule has 1 aromatic heterocycles. The summed E-state index contributed by atoms with van der Waals surface area (Å²) in [6.07, 6.45) is 3.91. The van der Waals surface area contributed by atoms with E-state index in [9.17, 15) is 14.4 Å². The second-order valence-corrected chi connectivity index (χ2v) is 7.19. The minimum atomic E-state index is -0.475. The summed E-state index contributed by atoms with van der Waals surface area (Å²) in [4.78, 5) is 45.3. The summed E-state index contributed by atoms with van der Waals surface area (Å²) in [6, 6.07) is 16.4. The van der Waals surface area contributed by atoms with Crippen molar-refractivity contribution >= 4 is 11.7 Å². The quantitative estimate of drug-likeness (QED) is 0.660. The van der Waals surface area contributed by atoms with Crippen molar-refractivity contribution in [1.29, 1.82) is 0 Å². The maximum Gasteiger partial charge on any atom is 0.263 e. The van der Waals surface area contributed by atoms with E-state index in [4.69, 9.17) is 4.74 Å². The highest BCUT2D eigenvalue weighted by Gasteiger charge is 2.30. The van der Waals surface area contributed by atoms with Crippen LogP contribution < -0.4 is 10.3 Å². The van der Waals surface area contributed by atoms with E-state index < -0.39 is 11.5 Å². The third kappa shape index (κ3) is 4.30. The summed E-state index contributed by atoms with van der Waals surface area (Å²) in [5.74, 6) is 0.657. The topological polar surface area (TPSA) is 92.4 Å². The van der Waals surface area contributed by atoms with Gasteiger partial charge in [0.05, 0.1) is 6.33 Å². The maximum atomic E-state index is 13.0. The number of hydrogen-bond donors (Lipinski definition) is 1. The van der Waals surface area contributed by atoms with Crippen molar-refractivity contribution in [3.8, 4) is 11.5 Å². The van der Waals surface area contributed by atoms with E-state index in [0.29, 0.717) is 30.7 Å². The molecule has 2 aromatic carbocycles. The van der Waals surface area contributed by atoms with Gasteiger partial charge in [-0.25, -0.2) is 4.98 Å². The highest BCUT2D eigenvalue weighted by atomic mass is 16.5. The summed E-state index contributed by atoms with van der Waals surface area (Å²) < 4.78 is 5.76. The molecule has 1 saturated heterocycles. The number of rotatable bonds is 5. The van der Waals surface area contributed by atoms with Gasteiger partial charge in [-0.1, -0.05) is 18.2 Å². The maximum absolute atomic E-state index is 13.0. The van der Waals surface area contributed by atoms with Gasteiger partial charge in [-0.2, -0.15) is 0 Å². The molecule has 1 aliphatic heterocycles. The zero-order chi connectivity index (χ0) is 20.9. The molecule has 1 fully saturated rings. The first kappa shape index (κ1) is 19.6. The number of hydrogen-bond acceptors (Lipinski definition) is 5. The van der Waals surface area contributed by atoms with Crippen LogP contribution in [0.3, 0.4) is 0 Å². The minimum absolute atomic E-state index is 0.00647. The molecule has 0 radical (unpaired) electrons. The molecule has 1 atom stereocenters. The number of carbonyl (C=O) groups excluding carboxylic acids is 2. The van der Waals surface area contributed by atoms with E-state index in [1.165, 1.54) is 12.5 Å².